The van der Waals surface area contributed by atoms with Gasteiger partial charge in [0.15, 0.2) is 0 Å². The van der Waals surface area contributed by atoms with Crippen molar-refractivity contribution in [1.29, 1.82) is 0 Å². The van der Waals surface area contributed by atoms with Crippen LogP contribution in [-0.2, 0) is 59.7 Å². The highest BCUT2D eigenvalue weighted by Crippen LogP contribution is 2.11. The number of carbonyl (C=O) groups is 8. The van der Waals surface area contributed by atoms with E-state index in [1.807, 2.05) is 10.6 Å². The van der Waals surface area contributed by atoms with E-state index >= 15 is 0 Å². The summed E-state index contributed by atoms with van der Waals surface area (Å²) < 4.78 is 2.63. The van der Waals surface area contributed by atoms with Gasteiger partial charge in [0.1, 0.15) is 42.9 Å². The van der Waals surface area contributed by atoms with Crippen LogP contribution in [0.25, 0.3) is 0 Å². The van der Waals surface area contributed by atoms with Crippen LogP contribution in [0.1, 0.15) is 37.3 Å². The van der Waals surface area contributed by atoms with E-state index in [0.29, 0.717) is 0 Å². The van der Waals surface area contributed by atoms with Crippen LogP contribution in [0.5, 0.6) is 0 Å². The van der Waals surface area contributed by atoms with Crippen LogP contribution in [0.4, 0.5) is 4.79 Å². The van der Waals surface area contributed by atoms with E-state index in [1.165, 1.54) is 45.0 Å². The third-order valence-electron chi connectivity index (χ3n) is 6.49. The number of hydrogen-bond donors (Lipinski definition) is 9. The maximum atomic E-state index is 12.6. The van der Waals surface area contributed by atoms with Gasteiger partial charge in [-0.25, -0.2) is 29.1 Å². The Morgan fingerprint density at radius 1 is 0.673 bits per heavy atom. The number of aromatic nitrogens is 4. The Morgan fingerprint density at radius 2 is 1.14 bits per heavy atom. The van der Waals surface area contributed by atoms with Gasteiger partial charge in [-0.1, -0.05) is 0 Å². The van der Waals surface area contributed by atoms with Gasteiger partial charge in [0.05, 0.1) is 13.1 Å². The van der Waals surface area contributed by atoms with E-state index < -0.39 is 105 Å². The number of nitrogens with one attached hydrogen (secondary N) is 3. The fraction of sp³-hybridized carbons (Fsp3) is 0.407. The molecule has 9 N–H and O–H groups in total. The van der Waals surface area contributed by atoms with Crippen LogP contribution in [0.3, 0.4) is 0 Å². The SMILES string of the molecule is O=C(O)CC[C@H](NC(=O)N[C@@H](CCC(=O)NC(/C=C\N(Cc1nccn1CC(=O)O)Cc1nccn1CC(=O)O)C(=O)O)C(=O)O)C(=O)O. The number of imidazole rings is 2. The lowest BCUT2D eigenvalue weighted by Crippen LogP contribution is -2.51. The molecule has 266 valence electrons. The van der Waals surface area contributed by atoms with Crippen molar-refractivity contribution in [3.63, 3.8) is 0 Å². The fourth-order valence-electron chi connectivity index (χ4n) is 4.15. The van der Waals surface area contributed by atoms with Crippen molar-refractivity contribution in [2.24, 2.45) is 0 Å². The van der Waals surface area contributed by atoms with Crippen LogP contribution < -0.4 is 16.0 Å². The molecular formula is C27H34N8O14. The smallest absolute Gasteiger partial charge is 0.330 e. The zero-order chi connectivity index (χ0) is 36.7. The molecule has 2 aromatic heterocycles. The number of amides is 3. The molecule has 49 heavy (non-hydrogen) atoms. The van der Waals surface area contributed by atoms with Gasteiger partial charge in [-0.3, -0.25) is 19.2 Å². The number of nitrogens with zero attached hydrogens (tertiary/aromatic N) is 5. The standard InChI is InChI=1S/C27H34N8O14/c36-20(3-1-15(24(43)44)31-27(49)32-16(25(45)46)2-4-21(37)38)30-17(26(47)48)5-8-33(11-18-28-6-9-34(18)13-22(39)40)12-19-29-7-10-35(19)14-23(41)42/h5-10,15-17H,1-4,11-14H2,(H,30,36)(H,37,38)(H,39,40)(H,41,42)(H,43,44)(H,45,46)(H,47,48)(H2,31,32,49)/b8-5-/t15-,16-,17?/m0/s1. The maximum absolute atomic E-state index is 12.6. The second kappa shape index (κ2) is 18.6. The first kappa shape index (κ1) is 38.7. The molecule has 0 aliphatic rings. The molecule has 22 heteroatoms. The Hall–Kier alpha value is -6.48. The minimum atomic E-state index is -1.72. The number of aliphatic carboxylic acids is 6. The Kier molecular flexibility index (Phi) is 14.7. The van der Waals surface area contributed by atoms with E-state index in [0.717, 1.165) is 6.08 Å². The Bertz CT molecular complexity index is 1510. The van der Waals surface area contributed by atoms with Crippen LogP contribution in [-0.4, -0.2) is 121 Å². The minimum absolute atomic E-state index is 0.107. The lowest BCUT2D eigenvalue weighted by molar-refractivity contribution is -0.141. The minimum Gasteiger partial charge on any atom is -0.481 e. The summed E-state index contributed by atoms with van der Waals surface area (Å²) in [7, 11) is 0. The van der Waals surface area contributed by atoms with Gasteiger partial charge in [-0.15, -0.1) is 0 Å². The van der Waals surface area contributed by atoms with Crippen molar-refractivity contribution < 1.29 is 69.0 Å². The zero-order valence-corrected chi connectivity index (χ0v) is 25.5. The number of carboxylic acids is 6. The van der Waals surface area contributed by atoms with Gasteiger partial charge in [0.2, 0.25) is 5.91 Å². The molecule has 2 aromatic rings. The summed E-state index contributed by atoms with van der Waals surface area (Å²) in [6.07, 6.45) is 5.55. The lowest BCUT2D eigenvalue weighted by atomic mass is 10.1. The van der Waals surface area contributed by atoms with Crippen LogP contribution in [0.15, 0.2) is 37.1 Å². The van der Waals surface area contributed by atoms with E-state index in [1.54, 1.807) is 0 Å². The van der Waals surface area contributed by atoms with E-state index in [-0.39, 0.29) is 24.7 Å². The average Bonchev–Trinajstić information content (AvgIpc) is 3.62. The number of rotatable bonds is 22. The van der Waals surface area contributed by atoms with Crippen molar-refractivity contribution >= 4 is 47.8 Å². The molecule has 0 aromatic carbocycles. The van der Waals surface area contributed by atoms with Crippen molar-refractivity contribution in [1.82, 2.24) is 40.0 Å². The fourth-order valence-corrected chi connectivity index (χ4v) is 4.15. The van der Waals surface area contributed by atoms with Gasteiger partial charge < -0.3 is 60.6 Å². The van der Waals surface area contributed by atoms with Gasteiger partial charge in [-0.2, -0.15) is 0 Å². The van der Waals surface area contributed by atoms with Crippen molar-refractivity contribution in [3.8, 4) is 0 Å². The summed E-state index contributed by atoms with van der Waals surface area (Å²) in [5, 5.41) is 61.6. The summed E-state index contributed by atoms with van der Waals surface area (Å²) in [5.41, 5.74) is 0. The van der Waals surface area contributed by atoms with Crippen molar-refractivity contribution in [2.45, 2.75) is 70.0 Å². The molecule has 22 nitrogen and oxygen atoms in total. The third-order valence-corrected chi connectivity index (χ3v) is 6.49. The predicted octanol–water partition coefficient (Wildman–Crippen LogP) is -1.82. The maximum Gasteiger partial charge on any atom is 0.330 e. The highest BCUT2D eigenvalue weighted by Gasteiger charge is 2.26. The quantitative estimate of drug-likeness (QED) is 0.0655. The Balaban J connectivity index is 2.14. The number of urea groups is 1. The molecule has 0 spiro atoms. The number of hydrogen-bond acceptors (Lipinski definition) is 11. The first-order valence-corrected chi connectivity index (χ1v) is 14.2. The molecule has 0 saturated heterocycles. The summed E-state index contributed by atoms with van der Waals surface area (Å²) in [6, 6.07) is -6.31. The first-order chi connectivity index (χ1) is 23.0. The summed E-state index contributed by atoms with van der Waals surface area (Å²) >= 11 is 0. The van der Waals surface area contributed by atoms with Crippen LogP contribution in [0, 0.1) is 0 Å². The molecule has 0 radical (unpaired) electrons. The summed E-state index contributed by atoms with van der Waals surface area (Å²) in [5.74, 6) is -8.80. The Morgan fingerprint density at radius 3 is 1.55 bits per heavy atom. The molecule has 0 saturated carbocycles. The molecule has 3 atom stereocenters. The molecule has 0 aliphatic heterocycles. The molecular weight excluding hydrogens is 660 g/mol. The monoisotopic (exact) mass is 694 g/mol. The summed E-state index contributed by atoms with van der Waals surface area (Å²) in [4.78, 5) is 103. The van der Waals surface area contributed by atoms with Crippen LogP contribution in [0.2, 0.25) is 0 Å². The predicted molar refractivity (Wildman–Crippen MR) is 158 cm³/mol. The van der Waals surface area contributed by atoms with Gasteiger partial charge in [0.25, 0.3) is 0 Å². The van der Waals surface area contributed by atoms with E-state index in [2.05, 4.69) is 15.3 Å². The topological polar surface area (TPSA) is 333 Å². The van der Waals surface area contributed by atoms with Gasteiger partial charge in [-0.05, 0) is 25.1 Å². The average molecular weight is 695 g/mol. The number of carbonyl (C=O) groups excluding carboxylic acids is 2. The highest BCUT2D eigenvalue weighted by atomic mass is 16.4. The van der Waals surface area contributed by atoms with Crippen molar-refractivity contribution in [3.05, 3.63) is 48.7 Å². The van der Waals surface area contributed by atoms with Crippen LogP contribution >= 0.6 is 0 Å². The zero-order valence-electron chi connectivity index (χ0n) is 25.5. The molecule has 2 heterocycles. The first-order valence-electron chi connectivity index (χ1n) is 14.2. The third kappa shape index (κ3) is 13.8. The largest absolute Gasteiger partial charge is 0.481 e. The van der Waals surface area contributed by atoms with Gasteiger partial charge >= 0.3 is 41.8 Å². The highest BCUT2D eigenvalue weighted by molar-refractivity contribution is 5.88. The molecule has 0 fully saturated rings. The van der Waals surface area contributed by atoms with Gasteiger partial charge in [0, 0.05) is 37.6 Å². The second-order valence-corrected chi connectivity index (χ2v) is 10.2. The second-order valence-electron chi connectivity index (χ2n) is 10.2. The van der Waals surface area contributed by atoms with E-state index in [9.17, 15) is 58.8 Å². The molecule has 0 aliphatic carbocycles. The van der Waals surface area contributed by atoms with E-state index in [4.69, 9.17) is 10.2 Å². The van der Waals surface area contributed by atoms with Crippen molar-refractivity contribution in [2.75, 3.05) is 0 Å². The Labute approximate surface area is 275 Å². The number of carboxylic acid groups (broad SMARTS) is 6. The molecule has 2 rings (SSSR count). The summed E-state index contributed by atoms with van der Waals surface area (Å²) in [6.45, 7) is -1.09. The lowest BCUT2D eigenvalue weighted by Gasteiger charge is -2.22. The molecule has 1 unspecified atom stereocenters. The molecule has 3 amide bonds. The normalized spacial score (nSPS) is 12.7. The molecule has 0 bridgehead atoms.